The summed E-state index contributed by atoms with van der Waals surface area (Å²) < 4.78 is 1.40. The molecule has 4 rings (SSSR count). The maximum absolute atomic E-state index is 14.3. The third kappa shape index (κ3) is 12.0. The van der Waals surface area contributed by atoms with Crippen LogP contribution in [0.4, 0.5) is 0 Å². The van der Waals surface area contributed by atoms with Crippen molar-refractivity contribution in [1.82, 2.24) is 30.3 Å². The lowest BCUT2D eigenvalue weighted by Crippen LogP contribution is -2.59. The van der Waals surface area contributed by atoms with Crippen molar-refractivity contribution in [2.24, 2.45) is 0 Å². The molecule has 0 aliphatic heterocycles. The molecular formula is C40H51ClN6O6. The van der Waals surface area contributed by atoms with E-state index in [9.17, 15) is 29.1 Å². The summed E-state index contributed by atoms with van der Waals surface area (Å²) in [5.74, 6) is -2.16. The second-order valence-corrected chi connectivity index (χ2v) is 12.9. The molecule has 13 heteroatoms. The largest absolute Gasteiger partial charge is 0.391 e. The van der Waals surface area contributed by atoms with Crippen LogP contribution in [0, 0.1) is 0 Å². The highest BCUT2D eigenvalue weighted by Crippen LogP contribution is 2.22. The molecule has 0 radical (unpaired) electrons. The first-order valence-corrected chi connectivity index (χ1v) is 17.7. The molecular weight excluding hydrogens is 696 g/mol. The van der Waals surface area contributed by atoms with Gasteiger partial charge in [0.1, 0.15) is 18.1 Å². The molecule has 0 saturated heterocycles. The van der Waals surface area contributed by atoms with E-state index in [1.807, 2.05) is 86.6 Å². The maximum atomic E-state index is 14.3. The van der Waals surface area contributed by atoms with Crippen molar-refractivity contribution in [2.75, 3.05) is 26.7 Å². The van der Waals surface area contributed by atoms with E-state index in [0.717, 1.165) is 24.2 Å². The fourth-order valence-electron chi connectivity index (χ4n) is 6.19. The van der Waals surface area contributed by atoms with Gasteiger partial charge in [-0.15, -0.1) is 12.4 Å². The minimum atomic E-state index is -1.35. The number of benzene rings is 3. The highest BCUT2D eigenvalue weighted by molar-refractivity contribution is 5.96. The number of nitrogens with zero attached hydrogens (tertiary/aromatic N) is 3. The third-order valence-corrected chi connectivity index (χ3v) is 9.16. The Morgan fingerprint density at radius 2 is 1.38 bits per heavy atom. The first-order chi connectivity index (χ1) is 25.0. The molecule has 284 valence electrons. The summed E-state index contributed by atoms with van der Waals surface area (Å²) >= 11 is 0. The van der Waals surface area contributed by atoms with Crippen molar-refractivity contribution in [3.05, 3.63) is 108 Å². The van der Waals surface area contributed by atoms with Gasteiger partial charge >= 0.3 is 0 Å². The quantitative estimate of drug-likeness (QED) is 0.108. The maximum Gasteiger partial charge on any atom is 0.245 e. The molecule has 0 spiro atoms. The number of para-hydroxylation sites is 1. The number of aliphatic hydroxyl groups excluding tert-OH is 1. The van der Waals surface area contributed by atoms with Crippen LogP contribution in [0.3, 0.4) is 0 Å². The second-order valence-electron chi connectivity index (χ2n) is 12.9. The molecule has 0 aliphatic carbocycles. The second kappa shape index (κ2) is 20.9. The van der Waals surface area contributed by atoms with Crippen LogP contribution >= 0.6 is 12.4 Å². The number of halogens is 1. The van der Waals surface area contributed by atoms with Crippen molar-refractivity contribution in [1.29, 1.82) is 0 Å². The van der Waals surface area contributed by atoms with E-state index >= 15 is 0 Å². The number of hydrogen-bond acceptors (Lipinski definition) is 7. The minimum Gasteiger partial charge on any atom is -0.391 e. The fraction of sp³-hybridized carbons (Fsp3) is 0.375. The van der Waals surface area contributed by atoms with Crippen molar-refractivity contribution >= 4 is 53.3 Å². The van der Waals surface area contributed by atoms with Crippen LogP contribution in [0.2, 0.25) is 0 Å². The summed E-state index contributed by atoms with van der Waals surface area (Å²) in [6.45, 7) is 7.69. The van der Waals surface area contributed by atoms with Gasteiger partial charge in [0.15, 0.2) is 0 Å². The summed E-state index contributed by atoms with van der Waals surface area (Å²) in [5, 5.41) is 19.6. The Bertz CT molecular complexity index is 1800. The Balaban J connectivity index is 0.00000756. The number of nitrogens with one attached hydrogen (secondary N) is 3. The van der Waals surface area contributed by atoms with Gasteiger partial charge < -0.3 is 30.9 Å². The van der Waals surface area contributed by atoms with E-state index < -0.39 is 42.0 Å². The number of carbonyl (C=O) groups is 5. The molecule has 1 heterocycles. The molecule has 4 N–H and O–H groups in total. The molecule has 12 nitrogen and oxygen atoms in total. The van der Waals surface area contributed by atoms with Crippen molar-refractivity contribution in [3.8, 4) is 0 Å². The molecule has 0 bridgehead atoms. The highest BCUT2D eigenvalue weighted by atomic mass is 35.5. The van der Waals surface area contributed by atoms with E-state index in [1.165, 1.54) is 11.5 Å². The average molecular weight is 747 g/mol. The monoisotopic (exact) mass is 746 g/mol. The van der Waals surface area contributed by atoms with Gasteiger partial charge in [0.25, 0.3) is 0 Å². The van der Waals surface area contributed by atoms with E-state index in [1.54, 1.807) is 30.3 Å². The summed E-state index contributed by atoms with van der Waals surface area (Å²) in [4.78, 5) is 70.5. The van der Waals surface area contributed by atoms with Crippen molar-refractivity contribution in [2.45, 2.75) is 70.8 Å². The van der Waals surface area contributed by atoms with Gasteiger partial charge in [-0.2, -0.15) is 0 Å². The van der Waals surface area contributed by atoms with Gasteiger partial charge in [-0.1, -0.05) is 92.7 Å². The number of amides is 4. The Kier molecular flexibility index (Phi) is 16.7. The normalized spacial score (nSPS) is 13.2. The molecule has 4 aromatic rings. The first-order valence-electron chi connectivity index (χ1n) is 17.7. The number of aliphatic hydroxyl groups is 1. The van der Waals surface area contributed by atoms with Gasteiger partial charge in [-0.25, -0.2) is 0 Å². The van der Waals surface area contributed by atoms with Gasteiger partial charge in [-0.3, -0.25) is 28.5 Å². The molecule has 0 saturated carbocycles. The van der Waals surface area contributed by atoms with Crippen LogP contribution in [0.5, 0.6) is 0 Å². The van der Waals surface area contributed by atoms with E-state index in [2.05, 4.69) is 20.9 Å². The Labute approximate surface area is 317 Å². The predicted octanol–water partition coefficient (Wildman–Crippen LogP) is 3.11. The van der Waals surface area contributed by atoms with E-state index in [0.29, 0.717) is 36.0 Å². The zero-order chi connectivity index (χ0) is 37.6. The molecule has 0 aliphatic rings. The fourth-order valence-corrected chi connectivity index (χ4v) is 6.19. The molecule has 4 amide bonds. The predicted molar refractivity (Wildman–Crippen MR) is 208 cm³/mol. The Morgan fingerprint density at radius 3 is 1.98 bits per heavy atom. The number of hydrogen-bond donors (Lipinski definition) is 4. The Morgan fingerprint density at radius 1 is 0.792 bits per heavy atom. The average Bonchev–Trinajstić information content (AvgIpc) is 3.51. The highest BCUT2D eigenvalue weighted by Gasteiger charge is 2.33. The number of likely N-dealkylation sites (N-methyl/N-ethyl adjacent to an activating group) is 1. The first kappa shape index (κ1) is 42.4. The standard InChI is InChI=1S/C40H50N6O6.ClH/c1-5-45(6-2)22-21-36(49)43-37(28(3)48)39(51)41-33(24-31-26-46(27-47)35-20-14-13-19-32(31)35)38(50)42-34(23-29-15-9-7-10-16-29)40(52)44(4)25-30-17-11-8-12-18-30;/h7-20,26-28,33-34,37,48H,5-6,21-25H2,1-4H3,(H,41,51)(H,42,50)(H,43,49);1H/t28?,33-,34+,37?;/m1./s1. The lowest BCUT2D eigenvalue weighted by Gasteiger charge is -2.28. The third-order valence-electron chi connectivity index (χ3n) is 9.16. The van der Waals surface area contributed by atoms with Gasteiger partial charge in [0.2, 0.25) is 30.0 Å². The minimum absolute atomic E-state index is 0. The smallest absolute Gasteiger partial charge is 0.245 e. The molecule has 53 heavy (non-hydrogen) atoms. The van der Waals surface area contributed by atoms with Crippen LogP contribution in [0.15, 0.2) is 91.1 Å². The molecule has 4 atom stereocenters. The number of rotatable bonds is 19. The van der Waals surface area contributed by atoms with Gasteiger partial charge in [0, 0.05) is 51.0 Å². The number of fused-ring (bicyclic) bond motifs is 1. The van der Waals surface area contributed by atoms with Crippen molar-refractivity contribution < 1.29 is 29.1 Å². The summed E-state index contributed by atoms with van der Waals surface area (Å²) in [6.07, 6.45) is 1.24. The topological polar surface area (TPSA) is 153 Å². The van der Waals surface area contributed by atoms with Gasteiger partial charge in [-0.05, 0) is 42.8 Å². The van der Waals surface area contributed by atoms with Crippen LogP contribution < -0.4 is 16.0 Å². The molecule has 3 aromatic carbocycles. The van der Waals surface area contributed by atoms with E-state index in [-0.39, 0.29) is 37.6 Å². The van der Waals surface area contributed by atoms with Crippen LogP contribution in [0.25, 0.3) is 10.9 Å². The lowest BCUT2D eigenvalue weighted by atomic mass is 10.0. The van der Waals surface area contributed by atoms with Crippen LogP contribution in [0.1, 0.15) is 43.9 Å². The number of carbonyl (C=O) groups excluding carboxylic acids is 5. The summed E-state index contributed by atoms with van der Waals surface area (Å²) in [7, 11) is 1.67. The van der Waals surface area contributed by atoms with Gasteiger partial charge in [0.05, 0.1) is 11.6 Å². The van der Waals surface area contributed by atoms with Crippen LogP contribution in [-0.4, -0.2) is 100 Å². The van der Waals surface area contributed by atoms with Crippen molar-refractivity contribution in [3.63, 3.8) is 0 Å². The molecule has 0 fully saturated rings. The van der Waals surface area contributed by atoms with Crippen LogP contribution in [-0.2, 0) is 43.4 Å². The van der Waals surface area contributed by atoms with E-state index in [4.69, 9.17) is 0 Å². The zero-order valence-electron chi connectivity index (χ0n) is 30.7. The molecule has 1 aromatic heterocycles. The SMILES string of the molecule is CCN(CC)CCC(=O)NC(C(=O)N[C@H](Cc1cn(C=O)c2ccccc12)C(=O)N[C@@H](Cc1ccccc1)C(=O)N(C)Cc1ccccc1)C(C)O.Cl. The zero-order valence-corrected chi connectivity index (χ0v) is 31.6. The lowest BCUT2D eigenvalue weighted by molar-refractivity contribution is -0.137. The summed E-state index contributed by atoms with van der Waals surface area (Å²) in [5.41, 5.74) is 2.97. The molecule has 2 unspecified atom stereocenters. The number of aromatic nitrogens is 1. The summed E-state index contributed by atoms with van der Waals surface area (Å²) in [6, 6.07) is 22.4. The Hall–Kier alpha value is -5.04.